The summed E-state index contributed by atoms with van der Waals surface area (Å²) in [6.07, 6.45) is -0.0197. The number of anilines is 1. The van der Waals surface area contributed by atoms with Gasteiger partial charge in [0, 0.05) is 12.6 Å². The topological polar surface area (TPSA) is 21.3 Å². The molecule has 1 aromatic rings. The van der Waals surface area contributed by atoms with Crippen molar-refractivity contribution in [2.75, 3.05) is 12.4 Å². The number of nitrogens with one attached hydrogen (secondary N) is 1. The van der Waals surface area contributed by atoms with E-state index in [1.54, 1.807) is 7.11 Å². The van der Waals surface area contributed by atoms with E-state index in [1.807, 2.05) is 19.1 Å². The van der Waals surface area contributed by atoms with E-state index in [1.165, 1.54) is 0 Å². The molecule has 1 rings (SSSR count). The second-order valence-corrected chi connectivity index (χ2v) is 5.93. The van der Waals surface area contributed by atoms with Crippen LogP contribution in [0, 0.1) is 0 Å². The van der Waals surface area contributed by atoms with Gasteiger partial charge in [-0.3, -0.25) is 0 Å². The summed E-state index contributed by atoms with van der Waals surface area (Å²) in [5.41, 5.74) is 1.66. The number of hydrogen-bond acceptors (Lipinski definition) is 2. The Morgan fingerprint density at radius 3 is 2.00 bits per heavy atom. The first-order chi connectivity index (χ1) is 7.74. The molecule has 1 unspecified atom stereocenters. The van der Waals surface area contributed by atoms with Crippen LogP contribution >= 0.6 is 23.2 Å². The maximum absolute atomic E-state index is 6.24. The summed E-state index contributed by atoms with van der Waals surface area (Å²) in [4.78, 5) is 0. The molecule has 0 radical (unpaired) electrons. The highest BCUT2D eigenvalue weighted by molar-refractivity contribution is 6.39. The molecular weight excluding hydrogens is 257 g/mol. The van der Waals surface area contributed by atoms with Crippen molar-refractivity contribution in [1.29, 1.82) is 0 Å². The van der Waals surface area contributed by atoms with Gasteiger partial charge in [0.15, 0.2) is 0 Å². The lowest BCUT2D eigenvalue weighted by molar-refractivity contribution is 0.119. The molecule has 0 heterocycles. The zero-order valence-electron chi connectivity index (χ0n) is 10.9. The Bertz CT molecular complexity index is 376. The molecular formula is C13H19Cl2NO. The summed E-state index contributed by atoms with van der Waals surface area (Å²) < 4.78 is 5.25. The monoisotopic (exact) mass is 275 g/mol. The Morgan fingerprint density at radius 1 is 1.18 bits per heavy atom. The predicted octanol–water partition coefficient (Wildman–Crippen LogP) is 4.91. The third kappa shape index (κ3) is 4.06. The average Bonchev–Trinajstić information content (AvgIpc) is 2.20. The molecule has 96 valence electrons. The van der Waals surface area contributed by atoms with Gasteiger partial charge in [0.05, 0.1) is 21.8 Å². The largest absolute Gasteiger partial charge is 0.378 e. The van der Waals surface area contributed by atoms with Crippen molar-refractivity contribution in [2.45, 2.75) is 39.3 Å². The fraction of sp³-hybridized carbons (Fsp3) is 0.538. The number of rotatable bonds is 3. The average molecular weight is 276 g/mol. The SMILES string of the molecule is COC(C)c1cc(Cl)c(NC(C)(C)C)c(Cl)c1. The lowest BCUT2D eigenvalue weighted by Gasteiger charge is -2.24. The Morgan fingerprint density at radius 2 is 1.65 bits per heavy atom. The quantitative estimate of drug-likeness (QED) is 0.846. The van der Waals surface area contributed by atoms with Crippen molar-refractivity contribution in [3.8, 4) is 0 Å². The Kier molecular flexibility index (Phi) is 4.70. The summed E-state index contributed by atoms with van der Waals surface area (Å²) in [6.45, 7) is 8.14. The smallest absolute Gasteiger partial charge is 0.0794 e. The van der Waals surface area contributed by atoms with Crippen LogP contribution in [0.3, 0.4) is 0 Å². The minimum atomic E-state index is -0.0817. The van der Waals surface area contributed by atoms with E-state index in [0.717, 1.165) is 11.3 Å². The van der Waals surface area contributed by atoms with Crippen LogP contribution in [0.2, 0.25) is 10.0 Å². The van der Waals surface area contributed by atoms with Crippen molar-refractivity contribution in [3.63, 3.8) is 0 Å². The molecule has 0 aromatic heterocycles. The van der Waals surface area contributed by atoms with E-state index in [0.29, 0.717) is 10.0 Å². The van der Waals surface area contributed by atoms with Crippen molar-refractivity contribution in [2.24, 2.45) is 0 Å². The minimum absolute atomic E-state index is 0.0197. The fourth-order valence-corrected chi connectivity index (χ4v) is 2.06. The Balaban J connectivity index is 3.11. The molecule has 4 heteroatoms. The van der Waals surface area contributed by atoms with Crippen LogP contribution in [0.25, 0.3) is 0 Å². The molecule has 0 aliphatic rings. The Labute approximate surface area is 113 Å². The molecule has 0 aliphatic heterocycles. The van der Waals surface area contributed by atoms with Crippen molar-refractivity contribution in [1.82, 2.24) is 0 Å². The molecule has 1 atom stereocenters. The predicted molar refractivity (Wildman–Crippen MR) is 75.3 cm³/mol. The van der Waals surface area contributed by atoms with Gasteiger partial charge in [0.25, 0.3) is 0 Å². The number of hydrogen-bond donors (Lipinski definition) is 1. The van der Waals surface area contributed by atoms with Crippen LogP contribution in [0.4, 0.5) is 5.69 Å². The van der Waals surface area contributed by atoms with Gasteiger partial charge < -0.3 is 10.1 Å². The molecule has 0 spiro atoms. The van der Waals surface area contributed by atoms with E-state index >= 15 is 0 Å². The summed E-state index contributed by atoms with van der Waals surface area (Å²) in [5, 5.41) is 4.53. The van der Waals surface area contributed by atoms with E-state index in [9.17, 15) is 0 Å². The van der Waals surface area contributed by atoms with Gasteiger partial charge in [-0.2, -0.15) is 0 Å². The van der Waals surface area contributed by atoms with E-state index in [4.69, 9.17) is 27.9 Å². The molecule has 0 bridgehead atoms. The first-order valence-corrected chi connectivity index (χ1v) is 6.30. The molecule has 0 saturated carbocycles. The number of benzene rings is 1. The van der Waals surface area contributed by atoms with E-state index in [2.05, 4.69) is 26.1 Å². The van der Waals surface area contributed by atoms with Crippen molar-refractivity contribution < 1.29 is 4.74 Å². The molecule has 0 fully saturated rings. The van der Waals surface area contributed by atoms with Gasteiger partial charge in [-0.25, -0.2) is 0 Å². The summed E-state index contributed by atoms with van der Waals surface area (Å²) in [5.74, 6) is 0. The Hall–Kier alpha value is -0.440. The van der Waals surface area contributed by atoms with Gasteiger partial charge in [-0.15, -0.1) is 0 Å². The van der Waals surface area contributed by atoms with Crippen LogP contribution in [0.1, 0.15) is 39.4 Å². The normalized spacial score (nSPS) is 13.6. The van der Waals surface area contributed by atoms with Gasteiger partial charge in [0.1, 0.15) is 0 Å². The fourth-order valence-electron chi connectivity index (χ4n) is 1.46. The van der Waals surface area contributed by atoms with Gasteiger partial charge in [-0.1, -0.05) is 23.2 Å². The highest BCUT2D eigenvalue weighted by Crippen LogP contribution is 2.35. The second-order valence-electron chi connectivity index (χ2n) is 5.11. The minimum Gasteiger partial charge on any atom is -0.378 e. The van der Waals surface area contributed by atoms with Crippen LogP contribution in [-0.4, -0.2) is 12.6 Å². The van der Waals surface area contributed by atoms with Crippen molar-refractivity contribution in [3.05, 3.63) is 27.7 Å². The second kappa shape index (κ2) is 5.47. The first kappa shape index (κ1) is 14.6. The zero-order chi connectivity index (χ0) is 13.2. The zero-order valence-corrected chi connectivity index (χ0v) is 12.4. The summed E-state index contributed by atoms with van der Waals surface area (Å²) >= 11 is 12.5. The van der Waals surface area contributed by atoms with E-state index in [-0.39, 0.29) is 11.6 Å². The van der Waals surface area contributed by atoms with Gasteiger partial charge in [0.2, 0.25) is 0 Å². The van der Waals surface area contributed by atoms with Crippen LogP contribution < -0.4 is 5.32 Å². The third-order valence-corrected chi connectivity index (χ3v) is 2.98. The van der Waals surface area contributed by atoms with Crippen LogP contribution in [-0.2, 0) is 4.74 Å². The molecule has 0 saturated heterocycles. The molecule has 0 amide bonds. The highest BCUT2D eigenvalue weighted by atomic mass is 35.5. The summed E-state index contributed by atoms with van der Waals surface area (Å²) in [6, 6.07) is 3.77. The van der Waals surface area contributed by atoms with Crippen molar-refractivity contribution >= 4 is 28.9 Å². The van der Waals surface area contributed by atoms with E-state index < -0.39 is 0 Å². The molecule has 1 N–H and O–H groups in total. The summed E-state index contributed by atoms with van der Waals surface area (Å²) in [7, 11) is 1.66. The molecule has 1 aromatic carbocycles. The lowest BCUT2D eigenvalue weighted by Crippen LogP contribution is -2.26. The lowest BCUT2D eigenvalue weighted by atomic mass is 10.1. The first-order valence-electron chi connectivity index (χ1n) is 5.54. The maximum Gasteiger partial charge on any atom is 0.0794 e. The van der Waals surface area contributed by atoms with Gasteiger partial charge in [-0.05, 0) is 45.4 Å². The molecule has 0 aliphatic carbocycles. The van der Waals surface area contributed by atoms with Crippen LogP contribution in [0.5, 0.6) is 0 Å². The number of ether oxygens (including phenoxy) is 1. The molecule has 17 heavy (non-hydrogen) atoms. The van der Waals surface area contributed by atoms with Gasteiger partial charge >= 0.3 is 0 Å². The van der Waals surface area contributed by atoms with Crippen LogP contribution in [0.15, 0.2) is 12.1 Å². The maximum atomic E-state index is 6.24. The third-order valence-electron chi connectivity index (χ3n) is 2.39. The highest BCUT2D eigenvalue weighted by Gasteiger charge is 2.16. The molecule has 2 nitrogen and oxygen atoms in total. The number of methoxy groups -OCH3 is 1. The standard InChI is InChI=1S/C13H19Cl2NO/c1-8(17-5)9-6-10(14)12(11(15)7-9)16-13(2,3)4/h6-8,16H,1-5H3. The number of halogens is 2.